The van der Waals surface area contributed by atoms with Crippen LogP contribution in [0.3, 0.4) is 0 Å². The molecule has 3 aromatic carbocycles. The predicted octanol–water partition coefficient (Wildman–Crippen LogP) is -1.27. The smallest absolute Gasteiger partial charge is 0.471 e. The van der Waals surface area contributed by atoms with E-state index in [4.69, 9.17) is 10.8 Å². The monoisotopic (exact) mass is 1820 g/mol. The minimum atomic E-state index is -5.37. The Hall–Kier alpha value is -13.4. The Morgan fingerprint density at radius 1 is 0.504 bits per heavy atom. The lowest BCUT2D eigenvalue weighted by molar-refractivity contribution is -0.172. The van der Waals surface area contributed by atoms with Crippen LogP contribution in [0.15, 0.2) is 118 Å². The van der Waals surface area contributed by atoms with Gasteiger partial charge in [-0.05, 0) is 112 Å². The van der Waals surface area contributed by atoms with E-state index < -0.39 is 242 Å². The number of carbonyl (C=O) groups is 16. The van der Waals surface area contributed by atoms with Crippen molar-refractivity contribution < 1.29 is 132 Å². The molecule has 10 atom stereocenters. The Labute approximate surface area is 720 Å². The number of nitrogens with zero attached hydrogens (tertiary/aromatic N) is 3. The van der Waals surface area contributed by atoms with E-state index in [1.807, 2.05) is 0 Å². The average molecular weight is 1820 g/mol. The van der Waals surface area contributed by atoms with Gasteiger partial charge in [0, 0.05) is 45.2 Å². The molecule has 1 aromatic heterocycles. The minimum absolute atomic E-state index is 0.00191. The summed E-state index contributed by atoms with van der Waals surface area (Å²) in [6.45, 7) is -3.30. The highest BCUT2D eigenvalue weighted by molar-refractivity contribution is 8.19. The molecule has 0 radical (unpaired) electrons. The van der Waals surface area contributed by atoms with Gasteiger partial charge < -0.3 is 103 Å². The SMILES string of the molecule is N=C(NCCC[C@@H]1NC(=O)[C@H](CCCCNC(=O)[C@H](CCC(=O)NCCCC[C@@H]2NC(O)[C@@H](Cc3ccccc3)NC(=O)[C@H](CC(=O)O)NC(=O)CNC(=O)[C@H](CCCNC(=N)NC(=O)C(F)(F)F)NC2=O)NC(=O)c2ccc(N=NCc3ccccc3S(O)(O)O)nc2)NC(=O)[C@@H](Cc2ccccc2)NC(=O)[C@H](CC(=O)O)NC(=O)CNC1=O)NC(=O)C(F)(F)F. The molecule has 692 valence electrons. The van der Waals surface area contributed by atoms with Crippen molar-refractivity contribution in [2.75, 3.05) is 39.3 Å². The lowest BCUT2D eigenvalue weighted by Gasteiger charge is -2.30. The first kappa shape index (κ1) is 102. The summed E-state index contributed by atoms with van der Waals surface area (Å²) in [7, 11) is -4.15. The molecule has 2 fully saturated rings. The number of aliphatic hydroxyl groups excluding tert-OH is 1. The molecule has 2 aliphatic rings. The normalized spacial score (nSPS) is 20.1. The summed E-state index contributed by atoms with van der Waals surface area (Å²) in [5.41, 5.74) is 0.981. The van der Waals surface area contributed by atoms with Gasteiger partial charge in [-0.15, -0.1) is 5.11 Å². The molecule has 0 aliphatic carbocycles. The summed E-state index contributed by atoms with van der Waals surface area (Å²) < 4.78 is 107. The summed E-state index contributed by atoms with van der Waals surface area (Å²) >= 11 is 0. The second-order valence-electron chi connectivity index (χ2n) is 28.7. The van der Waals surface area contributed by atoms with Crippen LogP contribution in [0.1, 0.15) is 117 Å². The van der Waals surface area contributed by atoms with E-state index in [0.717, 1.165) is 6.20 Å². The fraction of sp³-hybridized carbons (Fsp3) is 0.461. The highest BCUT2D eigenvalue weighted by atomic mass is 32.3. The number of aliphatic carboxylic acids is 2. The summed E-state index contributed by atoms with van der Waals surface area (Å²) in [5.74, 6) is -22.5. The van der Waals surface area contributed by atoms with Crippen molar-refractivity contribution in [1.82, 2.24) is 95.4 Å². The summed E-state index contributed by atoms with van der Waals surface area (Å²) in [5, 5.41) is 93.8. The van der Waals surface area contributed by atoms with Gasteiger partial charge in [0.2, 0.25) is 65.0 Å². The van der Waals surface area contributed by atoms with E-state index >= 15 is 0 Å². The number of nitrogens with one attached hydrogen (secondary N) is 19. The first-order chi connectivity index (χ1) is 60.0. The maximum atomic E-state index is 14.5. The van der Waals surface area contributed by atoms with E-state index in [1.165, 1.54) is 41.0 Å². The zero-order valence-corrected chi connectivity index (χ0v) is 68.4. The Bertz CT molecular complexity index is 4580. The molecule has 0 spiro atoms. The molecule has 2 saturated heterocycles. The molecule has 1 unspecified atom stereocenters. The molecule has 3 heterocycles. The number of benzene rings is 3. The van der Waals surface area contributed by atoms with Crippen LogP contribution in [0.2, 0.25) is 0 Å². The van der Waals surface area contributed by atoms with Gasteiger partial charge in [-0.2, -0.15) is 31.5 Å². The number of aliphatic hydroxyl groups is 1. The van der Waals surface area contributed by atoms with Gasteiger partial charge in [-0.25, -0.2) is 4.98 Å². The van der Waals surface area contributed by atoms with Crippen molar-refractivity contribution in [3.63, 3.8) is 0 Å². The molecule has 0 bridgehead atoms. The number of rotatable bonds is 36. The Morgan fingerprint density at radius 3 is 1.45 bits per heavy atom. The lowest BCUT2D eigenvalue weighted by Crippen LogP contribution is -2.60. The summed E-state index contributed by atoms with van der Waals surface area (Å²) in [4.78, 5) is 218. The third kappa shape index (κ3) is 37.1. The minimum Gasteiger partial charge on any atom is -0.481 e. The van der Waals surface area contributed by atoms with E-state index in [2.05, 4.69) is 95.0 Å². The molecule has 4 aromatic rings. The predicted molar refractivity (Wildman–Crippen MR) is 432 cm³/mol. The molecular formula is C76H98F6N22O22S. The van der Waals surface area contributed by atoms with Gasteiger partial charge >= 0.3 is 36.1 Å². The van der Waals surface area contributed by atoms with Crippen LogP contribution in [0.4, 0.5) is 32.2 Å². The molecule has 127 heavy (non-hydrogen) atoms. The van der Waals surface area contributed by atoms with E-state index in [-0.39, 0.29) is 119 Å². The Kier molecular flexibility index (Phi) is 40.7. The number of amides is 14. The number of halogens is 6. The van der Waals surface area contributed by atoms with Crippen molar-refractivity contribution in [3.05, 3.63) is 126 Å². The number of carboxylic acid groups (broad SMARTS) is 2. The lowest BCUT2D eigenvalue weighted by atomic mass is 10.0. The number of carbonyl (C=O) groups excluding carboxylic acids is 14. The number of hydrogen-bond donors (Lipinski definition) is 25. The molecule has 25 N–H and O–H groups in total. The first-order valence-corrected chi connectivity index (χ1v) is 40.8. The van der Waals surface area contributed by atoms with Crippen LogP contribution >= 0.6 is 10.9 Å². The molecule has 0 saturated carbocycles. The van der Waals surface area contributed by atoms with Crippen molar-refractivity contribution >= 4 is 123 Å². The highest BCUT2D eigenvalue weighted by Crippen LogP contribution is 2.45. The average Bonchev–Trinajstić information content (AvgIpc) is 1.48. The van der Waals surface area contributed by atoms with Crippen molar-refractivity contribution in [2.24, 2.45) is 10.2 Å². The molecule has 14 amide bonds. The van der Waals surface area contributed by atoms with Crippen LogP contribution < -0.4 is 90.4 Å². The Balaban J connectivity index is 1.22. The number of guanidine groups is 2. The van der Waals surface area contributed by atoms with Crippen LogP contribution in [-0.2, 0) is 91.3 Å². The van der Waals surface area contributed by atoms with Crippen LogP contribution in [-0.4, -0.2) is 253 Å². The van der Waals surface area contributed by atoms with Gasteiger partial charge in [0.1, 0.15) is 59.4 Å². The molecule has 51 heteroatoms. The van der Waals surface area contributed by atoms with Crippen molar-refractivity contribution in [1.29, 1.82) is 10.8 Å². The third-order valence-corrected chi connectivity index (χ3v) is 19.8. The van der Waals surface area contributed by atoms with Gasteiger partial charge in [0.05, 0.1) is 55.0 Å². The zero-order valence-electron chi connectivity index (χ0n) is 67.6. The molecule has 2 aliphatic heterocycles. The fourth-order valence-electron chi connectivity index (χ4n) is 12.3. The number of aromatic nitrogens is 1. The second kappa shape index (κ2) is 50.5. The number of carboxylic acids is 2. The molecular weight excluding hydrogens is 1720 g/mol. The number of hydrogen-bond acceptors (Lipinski definition) is 26. The van der Waals surface area contributed by atoms with Gasteiger partial charge in [-0.1, -0.05) is 78.9 Å². The maximum Gasteiger partial charge on any atom is 0.471 e. The Morgan fingerprint density at radius 2 is 0.945 bits per heavy atom. The quantitative estimate of drug-likeness (QED) is 0.00830. The van der Waals surface area contributed by atoms with Crippen LogP contribution in [0.5, 0.6) is 0 Å². The number of azo groups is 1. The first-order valence-electron chi connectivity index (χ1n) is 39.3. The number of alkyl halides is 6. The van der Waals surface area contributed by atoms with Gasteiger partial charge in [-0.3, -0.25) is 103 Å². The standard InChI is InChI=1S/C76H98F6N22O22S/c77-75(78,79)71(122)102-73(83)87-31-13-22-45-63(114)90-39-57(106)93-52(35-59(108)109)69(120)100-50(33-41-15-3-1-4-16-41)67(118)98-47(65(116)96-45)20-9-11-29-85-56(105)28-26-49(95-61(112)44-25-27-55(89-37-44)104-92-38-43-19-7-8-24-54(43)127(124,125)126)62(113)86-30-12-10-21-48-66(117)97-46(23-14-32-88-74(84)103-72(123)76(80,81)82)64(115)91-40-58(107)94-53(36-60(110)111)70(121)101-51(68(119)99-48)34-42-17-5-2-6-18-42/h1-8,15-19,24-25,27,37,45-53,67,98,118,124-126H,9-14,20-23,26,28-36,38-40H2,(H,85,105)(H,86,113)(H,90,114)(H,91,115)(H,93,106)(H,94,107)(H,95,112)(H,96,116)(H,97,117)(H,99,119)(H,100,120)(H,101,121)(H,108,109)(H,110,111)(H3,83,87,102,122)(H3,84,88,103,123)/t45-,46-,47-,48-,49-,50+,51+,52-,53-,67?/m0/s1. The molecule has 6 rings (SSSR count). The summed E-state index contributed by atoms with van der Waals surface area (Å²) in [6, 6.07) is 9.75. The second-order valence-corrected chi connectivity index (χ2v) is 30.2. The van der Waals surface area contributed by atoms with Gasteiger partial charge in [0.15, 0.2) is 17.7 Å². The van der Waals surface area contributed by atoms with Crippen LogP contribution in [0.25, 0.3) is 0 Å². The van der Waals surface area contributed by atoms with Crippen LogP contribution in [0, 0.1) is 10.8 Å². The molecule has 44 nitrogen and oxygen atoms in total. The third-order valence-electron chi connectivity index (χ3n) is 18.8. The topological polar surface area (TPSA) is 684 Å². The van der Waals surface area contributed by atoms with Crippen molar-refractivity contribution in [3.8, 4) is 0 Å². The zero-order chi connectivity index (χ0) is 93.6. The van der Waals surface area contributed by atoms with E-state index in [9.17, 15) is 132 Å². The largest absolute Gasteiger partial charge is 0.481 e. The number of unbranched alkanes of at least 4 members (excludes halogenated alkanes) is 2. The van der Waals surface area contributed by atoms with Crippen molar-refractivity contribution in [2.45, 2.75) is 187 Å². The van der Waals surface area contributed by atoms with E-state index in [0.29, 0.717) is 11.1 Å². The number of pyridine rings is 1. The highest BCUT2D eigenvalue weighted by Gasteiger charge is 2.42. The fourth-order valence-corrected chi connectivity index (χ4v) is 13.1. The maximum absolute atomic E-state index is 14.5. The summed E-state index contributed by atoms with van der Waals surface area (Å²) in [6.07, 6.45) is -16.9. The van der Waals surface area contributed by atoms with E-state index in [1.54, 1.807) is 66.7 Å². The van der Waals surface area contributed by atoms with Gasteiger partial charge in [0.25, 0.3) is 5.91 Å².